The van der Waals surface area contributed by atoms with Crippen molar-refractivity contribution in [2.24, 2.45) is 0 Å². The molecule has 0 unspecified atom stereocenters. The molecule has 0 aliphatic rings. The van der Waals surface area contributed by atoms with Gasteiger partial charge in [0, 0.05) is 12.0 Å². The molecule has 1 amide bonds. The Hall–Kier alpha value is -3.34. The summed E-state index contributed by atoms with van der Waals surface area (Å²) >= 11 is 0. The first-order valence-corrected chi connectivity index (χ1v) is 8.61. The van der Waals surface area contributed by atoms with Crippen molar-refractivity contribution in [1.82, 2.24) is 5.32 Å². The average Bonchev–Trinajstić information content (AvgIpc) is 2.72. The third kappa shape index (κ3) is 4.26. The Morgan fingerprint density at radius 1 is 0.926 bits per heavy atom. The normalized spacial score (nSPS) is 11.6. The van der Waals surface area contributed by atoms with Gasteiger partial charge in [0.15, 0.2) is 0 Å². The topological polar surface area (TPSA) is 64.6 Å². The van der Waals surface area contributed by atoms with Crippen molar-refractivity contribution in [2.45, 2.75) is 12.5 Å². The molecule has 1 N–H and O–H groups in total. The zero-order valence-corrected chi connectivity index (χ0v) is 15.3. The molecule has 1 atom stereocenters. The first kappa shape index (κ1) is 18.5. The molecule has 27 heavy (non-hydrogen) atoms. The third-order valence-corrected chi connectivity index (χ3v) is 4.42. The Morgan fingerprint density at radius 2 is 1.63 bits per heavy atom. The standard InChI is InChI=1S/C22H21NO4/c1-26-17-12-10-15(11-13-17)14-20(22(25)27-2)23-21(24)19-9-5-7-16-6-3-4-8-18(16)19/h3-13,20H,14H2,1-2H3,(H,23,24)/t20-/m0/s1. The summed E-state index contributed by atoms with van der Waals surface area (Å²) in [7, 11) is 2.91. The molecule has 0 spiro atoms. The van der Waals surface area contributed by atoms with Crippen molar-refractivity contribution in [3.8, 4) is 5.75 Å². The van der Waals surface area contributed by atoms with E-state index in [1.807, 2.05) is 60.7 Å². The molecule has 5 nitrogen and oxygen atoms in total. The summed E-state index contributed by atoms with van der Waals surface area (Å²) in [6.07, 6.45) is 0.327. The quantitative estimate of drug-likeness (QED) is 0.682. The van der Waals surface area contributed by atoms with Crippen LogP contribution in [0.15, 0.2) is 66.7 Å². The lowest BCUT2D eigenvalue weighted by atomic mass is 10.0. The van der Waals surface area contributed by atoms with Crippen LogP contribution in [0.4, 0.5) is 0 Å². The van der Waals surface area contributed by atoms with E-state index in [-0.39, 0.29) is 5.91 Å². The number of carbonyl (C=O) groups is 2. The Bertz CT molecular complexity index is 945. The predicted molar refractivity (Wildman–Crippen MR) is 104 cm³/mol. The van der Waals surface area contributed by atoms with Crippen LogP contribution < -0.4 is 10.1 Å². The fourth-order valence-electron chi connectivity index (χ4n) is 2.99. The number of nitrogens with one attached hydrogen (secondary N) is 1. The van der Waals surface area contributed by atoms with E-state index in [0.717, 1.165) is 22.1 Å². The molecule has 0 saturated carbocycles. The van der Waals surface area contributed by atoms with Crippen molar-refractivity contribution in [1.29, 1.82) is 0 Å². The molecule has 0 aromatic heterocycles. The number of benzene rings is 3. The summed E-state index contributed by atoms with van der Waals surface area (Å²) < 4.78 is 10.0. The Labute approximate surface area is 157 Å². The number of hydrogen-bond acceptors (Lipinski definition) is 4. The second-order valence-corrected chi connectivity index (χ2v) is 6.13. The maximum Gasteiger partial charge on any atom is 0.328 e. The van der Waals surface area contributed by atoms with Crippen LogP contribution in [0.3, 0.4) is 0 Å². The summed E-state index contributed by atoms with van der Waals surface area (Å²) in [5.74, 6) is -0.0664. The van der Waals surface area contributed by atoms with E-state index in [4.69, 9.17) is 9.47 Å². The van der Waals surface area contributed by atoms with Crippen LogP contribution in [0.2, 0.25) is 0 Å². The molecule has 0 aliphatic carbocycles. The van der Waals surface area contributed by atoms with Crippen LogP contribution in [0.25, 0.3) is 10.8 Å². The van der Waals surface area contributed by atoms with E-state index in [2.05, 4.69) is 5.32 Å². The van der Waals surface area contributed by atoms with Gasteiger partial charge in [-0.3, -0.25) is 4.79 Å². The molecule has 0 saturated heterocycles. The van der Waals surface area contributed by atoms with Crippen LogP contribution >= 0.6 is 0 Å². The van der Waals surface area contributed by atoms with Crippen molar-refractivity contribution in [2.75, 3.05) is 14.2 Å². The molecule has 0 fully saturated rings. The molecule has 0 bridgehead atoms. The largest absolute Gasteiger partial charge is 0.497 e. The van der Waals surface area contributed by atoms with E-state index in [0.29, 0.717) is 12.0 Å². The number of esters is 1. The number of ether oxygens (including phenoxy) is 2. The second kappa shape index (κ2) is 8.36. The van der Waals surface area contributed by atoms with Crippen molar-refractivity contribution in [3.05, 3.63) is 77.9 Å². The number of methoxy groups -OCH3 is 2. The lowest BCUT2D eigenvalue weighted by Gasteiger charge is -2.17. The molecule has 3 aromatic carbocycles. The van der Waals surface area contributed by atoms with E-state index in [1.165, 1.54) is 7.11 Å². The lowest BCUT2D eigenvalue weighted by Crippen LogP contribution is -2.43. The van der Waals surface area contributed by atoms with Crippen LogP contribution in [-0.2, 0) is 16.0 Å². The second-order valence-electron chi connectivity index (χ2n) is 6.13. The fourth-order valence-corrected chi connectivity index (χ4v) is 2.99. The minimum Gasteiger partial charge on any atom is -0.497 e. The van der Waals surface area contributed by atoms with Gasteiger partial charge in [-0.05, 0) is 34.5 Å². The minimum absolute atomic E-state index is 0.310. The Balaban J connectivity index is 1.83. The highest BCUT2D eigenvalue weighted by molar-refractivity contribution is 6.08. The van der Waals surface area contributed by atoms with Crippen LogP contribution in [0.5, 0.6) is 5.75 Å². The Kier molecular flexibility index (Phi) is 5.71. The smallest absolute Gasteiger partial charge is 0.328 e. The van der Waals surface area contributed by atoms with Gasteiger partial charge in [0.1, 0.15) is 11.8 Å². The van der Waals surface area contributed by atoms with Crippen molar-refractivity contribution < 1.29 is 19.1 Å². The fraction of sp³-hybridized carbons (Fsp3) is 0.182. The van der Waals surface area contributed by atoms with Gasteiger partial charge in [-0.25, -0.2) is 4.79 Å². The minimum atomic E-state index is -0.783. The highest BCUT2D eigenvalue weighted by Gasteiger charge is 2.23. The molecule has 3 aromatic rings. The molecular formula is C22H21NO4. The van der Waals surface area contributed by atoms with E-state index < -0.39 is 12.0 Å². The highest BCUT2D eigenvalue weighted by atomic mass is 16.5. The van der Waals surface area contributed by atoms with Gasteiger partial charge in [0.2, 0.25) is 0 Å². The number of hydrogen-bond donors (Lipinski definition) is 1. The van der Waals surface area contributed by atoms with Crippen molar-refractivity contribution >= 4 is 22.6 Å². The number of rotatable bonds is 6. The van der Waals surface area contributed by atoms with Crippen LogP contribution in [0, 0.1) is 0 Å². The molecule has 3 rings (SSSR count). The average molecular weight is 363 g/mol. The first-order valence-electron chi connectivity index (χ1n) is 8.61. The highest BCUT2D eigenvalue weighted by Crippen LogP contribution is 2.19. The van der Waals surface area contributed by atoms with E-state index in [1.54, 1.807) is 13.2 Å². The monoisotopic (exact) mass is 363 g/mol. The lowest BCUT2D eigenvalue weighted by molar-refractivity contribution is -0.142. The summed E-state index contributed by atoms with van der Waals surface area (Å²) in [5, 5.41) is 4.61. The summed E-state index contributed by atoms with van der Waals surface area (Å²) in [6.45, 7) is 0. The third-order valence-electron chi connectivity index (χ3n) is 4.42. The number of carbonyl (C=O) groups excluding carboxylic acids is 2. The summed E-state index contributed by atoms with van der Waals surface area (Å²) in [6, 6.07) is 19.7. The first-order chi connectivity index (χ1) is 13.1. The van der Waals surface area contributed by atoms with Gasteiger partial charge in [-0.1, -0.05) is 48.5 Å². The van der Waals surface area contributed by atoms with Gasteiger partial charge in [-0.2, -0.15) is 0 Å². The molecule has 138 valence electrons. The maximum atomic E-state index is 12.8. The Morgan fingerprint density at radius 3 is 2.33 bits per heavy atom. The van der Waals surface area contributed by atoms with Gasteiger partial charge < -0.3 is 14.8 Å². The maximum absolute atomic E-state index is 12.8. The summed E-state index contributed by atoms with van der Waals surface area (Å²) in [5.41, 5.74) is 1.42. The van der Waals surface area contributed by atoms with Gasteiger partial charge in [-0.15, -0.1) is 0 Å². The predicted octanol–water partition coefficient (Wildman–Crippen LogP) is 3.36. The zero-order valence-electron chi connectivity index (χ0n) is 15.3. The van der Waals surface area contributed by atoms with Gasteiger partial charge in [0.25, 0.3) is 5.91 Å². The van der Waals surface area contributed by atoms with E-state index >= 15 is 0 Å². The number of fused-ring (bicyclic) bond motifs is 1. The molecule has 5 heteroatoms. The molecule has 0 heterocycles. The van der Waals surface area contributed by atoms with Crippen LogP contribution in [-0.4, -0.2) is 32.1 Å². The number of amides is 1. The molecule has 0 radical (unpaired) electrons. The van der Waals surface area contributed by atoms with E-state index in [9.17, 15) is 9.59 Å². The molecular weight excluding hydrogens is 342 g/mol. The zero-order chi connectivity index (χ0) is 19.2. The van der Waals surface area contributed by atoms with Crippen LogP contribution in [0.1, 0.15) is 15.9 Å². The summed E-state index contributed by atoms with van der Waals surface area (Å²) in [4.78, 5) is 25.0. The molecule has 0 aliphatic heterocycles. The van der Waals surface area contributed by atoms with Gasteiger partial charge in [0.05, 0.1) is 14.2 Å². The van der Waals surface area contributed by atoms with Crippen molar-refractivity contribution in [3.63, 3.8) is 0 Å². The SMILES string of the molecule is COC(=O)[C@H](Cc1ccc(OC)cc1)NC(=O)c1cccc2ccccc12. The van der Waals surface area contributed by atoms with Gasteiger partial charge >= 0.3 is 5.97 Å².